The van der Waals surface area contributed by atoms with Gasteiger partial charge in [0.05, 0.1) is 0 Å². The van der Waals surface area contributed by atoms with Crippen molar-refractivity contribution in [3.63, 3.8) is 0 Å². The first-order chi connectivity index (χ1) is 14.8. The van der Waals surface area contributed by atoms with E-state index in [4.69, 9.17) is 0 Å². The van der Waals surface area contributed by atoms with Crippen LogP contribution in [0.1, 0.15) is 56.7 Å². The van der Waals surface area contributed by atoms with Gasteiger partial charge < -0.3 is 10.2 Å². The number of hydrogen-bond donors (Lipinski definition) is 1. The van der Waals surface area contributed by atoms with Crippen molar-refractivity contribution in [3.05, 3.63) is 65.2 Å². The zero-order valence-corrected chi connectivity index (χ0v) is 20.3. The Labute approximate surface area is 191 Å². The molecule has 0 bridgehead atoms. The number of carbonyl (C=O) groups is 2. The van der Waals surface area contributed by atoms with Gasteiger partial charge in [0.15, 0.2) is 0 Å². The molecule has 0 saturated carbocycles. The van der Waals surface area contributed by atoms with Gasteiger partial charge in [-0.05, 0) is 51.3 Å². The van der Waals surface area contributed by atoms with Crippen molar-refractivity contribution in [3.8, 4) is 0 Å². The molecule has 0 radical (unpaired) electrons. The molecule has 2 amide bonds. The highest BCUT2D eigenvalue weighted by atomic mass is 32.2. The number of carbonyl (C=O) groups excluding carboxylic acids is 2. The molecule has 4 nitrogen and oxygen atoms in total. The minimum Gasteiger partial charge on any atom is -0.352 e. The average Bonchev–Trinajstić information content (AvgIpc) is 2.74. The molecule has 1 N–H and O–H groups in total. The maximum Gasteiger partial charge on any atom is 0.243 e. The van der Waals surface area contributed by atoms with Crippen LogP contribution in [0.15, 0.2) is 53.4 Å². The highest BCUT2D eigenvalue weighted by Crippen LogP contribution is 2.21. The second kappa shape index (κ2) is 12.6. The van der Waals surface area contributed by atoms with Crippen LogP contribution >= 0.6 is 11.8 Å². The minimum atomic E-state index is -0.466. The number of thioether (sulfide) groups is 1. The molecule has 0 spiro atoms. The molecule has 0 aliphatic carbocycles. The van der Waals surface area contributed by atoms with Gasteiger partial charge in [0.1, 0.15) is 6.04 Å². The minimum absolute atomic E-state index is 0.0206. The van der Waals surface area contributed by atoms with E-state index in [9.17, 15) is 9.59 Å². The molecule has 2 aromatic rings. The maximum atomic E-state index is 13.3. The van der Waals surface area contributed by atoms with Gasteiger partial charge in [0, 0.05) is 29.7 Å². The van der Waals surface area contributed by atoms with Crippen LogP contribution in [-0.2, 0) is 16.1 Å². The largest absolute Gasteiger partial charge is 0.352 e. The molecule has 2 rings (SSSR count). The summed E-state index contributed by atoms with van der Waals surface area (Å²) >= 11 is 1.68. The van der Waals surface area contributed by atoms with Gasteiger partial charge in [0.2, 0.25) is 11.8 Å². The number of rotatable bonds is 11. The van der Waals surface area contributed by atoms with Crippen molar-refractivity contribution in [2.24, 2.45) is 0 Å². The van der Waals surface area contributed by atoms with Gasteiger partial charge in [-0.15, -0.1) is 11.8 Å². The van der Waals surface area contributed by atoms with Crippen LogP contribution in [0.5, 0.6) is 0 Å². The summed E-state index contributed by atoms with van der Waals surface area (Å²) < 4.78 is 0. The van der Waals surface area contributed by atoms with E-state index in [-0.39, 0.29) is 17.9 Å². The number of aryl methyl sites for hydroxylation is 2. The van der Waals surface area contributed by atoms with Gasteiger partial charge in [-0.2, -0.15) is 0 Å². The summed E-state index contributed by atoms with van der Waals surface area (Å²) in [5.74, 6) is 0.645. The molecule has 5 heteroatoms. The summed E-state index contributed by atoms with van der Waals surface area (Å²) in [5, 5.41) is 3.06. The van der Waals surface area contributed by atoms with E-state index in [1.54, 1.807) is 16.7 Å². The van der Waals surface area contributed by atoms with E-state index in [1.807, 2.05) is 45.9 Å². The zero-order valence-electron chi connectivity index (χ0n) is 19.5. The molecule has 168 valence electrons. The summed E-state index contributed by atoms with van der Waals surface area (Å²) in [6.45, 7) is 10.6. The average molecular weight is 441 g/mol. The summed E-state index contributed by atoms with van der Waals surface area (Å²) in [4.78, 5) is 29.2. The Morgan fingerprint density at radius 1 is 1.00 bits per heavy atom. The highest BCUT2D eigenvalue weighted by molar-refractivity contribution is 7.99. The lowest BCUT2D eigenvalue weighted by molar-refractivity contribution is -0.141. The van der Waals surface area contributed by atoms with E-state index in [0.717, 1.165) is 22.4 Å². The van der Waals surface area contributed by atoms with E-state index in [0.29, 0.717) is 25.1 Å². The fourth-order valence-electron chi connectivity index (χ4n) is 3.40. The Bertz CT molecular complexity index is 851. The van der Waals surface area contributed by atoms with Crippen molar-refractivity contribution >= 4 is 23.6 Å². The third kappa shape index (κ3) is 8.06. The van der Waals surface area contributed by atoms with Crippen molar-refractivity contribution in [2.75, 3.05) is 5.75 Å². The first kappa shape index (κ1) is 25.0. The smallest absolute Gasteiger partial charge is 0.243 e. The number of hydrogen-bond acceptors (Lipinski definition) is 3. The number of amides is 2. The molecular weight excluding hydrogens is 404 g/mol. The first-order valence-electron chi connectivity index (χ1n) is 11.2. The molecule has 0 saturated heterocycles. The third-order valence-electron chi connectivity index (χ3n) is 5.43. The van der Waals surface area contributed by atoms with Crippen LogP contribution in [0.4, 0.5) is 0 Å². The van der Waals surface area contributed by atoms with Crippen molar-refractivity contribution < 1.29 is 9.59 Å². The Balaban J connectivity index is 2.13. The number of nitrogens with one attached hydrogen (secondary N) is 1. The lowest BCUT2D eigenvalue weighted by Gasteiger charge is -2.31. The van der Waals surface area contributed by atoms with Crippen LogP contribution < -0.4 is 5.32 Å². The molecule has 0 heterocycles. The van der Waals surface area contributed by atoms with Crippen LogP contribution in [-0.4, -0.2) is 34.6 Å². The fourth-order valence-corrected chi connectivity index (χ4v) is 4.24. The Hall–Kier alpha value is -2.27. The lowest BCUT2D eigenvalue weighted by atomic mass is 10.1. The summed E-state index contributed by atoms with van der Waals surface area (Å²) in [7, 11) is 0. The molecule has 0 fully saturated rings. The van der Waals surface area contributed by atoms with Gasteiger partial charge in [-0.25, -0.2) is 0 Å². The number of benzene rings is 2. The molecule has 0 unspecified atom stereocenters. The predicted molar refractivity (Wildman–Crippen MR) is 130 cm³/mol. The predicted octanol–water partition coefficient (Wildman–Crippen LogP) is 5.51. The van der Waals surface area contributed by atoms with Crippen LogP contribution in [0.3, 0.4) is 0 Å². The third-order valence-corrected chi connectivity index (χ3v) is 6.44. The molecular formula is C26H36N2O2S. The zero-order chi connectivity index (χ0) is 22.8. The normalized spacial score (nSPS) is 12.8. The van der Waals surface area contributed by atoms with Crippen LogP contribution in [0.2, 0.25) is 0 Å². The maximum absolute atomic E-state index is 13.3. The quantitative estimate of drug-likeness (QED) is 0.469. The van der Waals surface area contributed by atoms with Gasteiger partial charge in [-0.3, -0.25) is 9.59 Å². The molecule has 2 aromatic carbocycles. The van der Waals surface area contributed by atoms with Gasteiger partial charge >= 0.3 is 0 Å². The van der Waals surface area contributed by atoms with Crippen LogP contribution in [0.25, 0.3) is 0 Å². The Kier molecular flexibility index (Phi) is 10.1. The van der Waals surface area contributed by atoms with E-state index < -0.39 is 6.04 Å². The summed E-state index contributed by atoms with van der Waals surface area (Å²) in [6, 6.07) is 16.1. The van der Waals surface area contributed by atoms with Crippen molar-refractivity contribution in [2.45, 2.75) is 77.4 Å². The van der Waals surface area contributed by atoms with E-state index >= 15 is 0 Å². The van der Waals surface area contributed by atoms with Crippen molar-refractivity contribution in [1.82, 2.24) is 10.2 Å². The molecule has 0 aliphatic rings. The number of nitrogens with zero attached hydrogens (tertiary/aromatic N) is 1. The SMILES string of the molecule is CC[C@H](C(=O)N[C@@H](C)CC)N(Cc1cccc(C)c1)C(=O)CCSc1ccc(C)cc1. The van der Waals surface area contributed by atoms with Gasteiger partial charge in [-0.1, -0.05) is 61.4 Å². The van der Waals surface area contributed by atoms with E-state index in [1.165, 1.54) is 5.56 Å². The molecule has 31 heavy (non-hydrogen) atoms. The second-order valence-corrected chi connectivity index (χ2v) is 9.33. The van der Waals surface area contributed by atoms with Gasteiger partial charge in [0.25, 0.3) is 0 Å². The lowest BCUT2D eigenvalue weighted by Crippen LogP contribution is -2.50. The Morgan fingerprint density at radius 2 is 1.71 bits per heavy atom. The molecule has 0 aliphatic heterocycles. The van der Waals surface area contributed by atoms with E-state index in [2.05, 4.69) is 42.6 Å². The molecule has 2 atom stereocenters. The van der Waals surface area contributed by atoms with Crippen LogP contribution in [0, 0.1) is 13.8 Å². The summed E-state index contributed by atoms with van der Waals surface area (Å²) in [6.07, 6.45) is 1.85. The standard InChI is InChI=1S/C26H36N2O2S/c1-6-21(5)27-26(30)24(7-2)28(18-22-10-8-9-20(4)17-22)25(29)15-16-31-23-13-11-19(3)12-14-23/h8-14,17,21,24H,6-7,15-16,18H2,1-5H3,(H,27,30)/t21-,24+/m0/s1. The topological polar surface area (TPSA) is 49.4 Å². The molecule has 0 aromatic heterocycles. The second-order valence-electron chi connectivity index (χ2n) is 8.16. The summed E-state index contributed by atoms with van der Waals surface area (Å²) in [5.41, 5.74) is 3.43. The highest BCUT2D eigenvalue weighted by Gasteiger charge is 2.29. The monoisotopic (exact) mass is 440 g/mol. The van der Waals surface area contributed by atoms with Crippen molar-refractivity contribution in [1.29, 1.82) is 0 Å². The fraction of sp³-hybridized carbons (Fsp3) is 0.462. The Morgan fingerprint density at radius 3 is 2.32 bits per heavy atom. The first-order valence-corrected chi connectivity index (χ1v) is 12.2.